The topological polar surface area (TPSA) is 76.2 Å². The molecule has 0 bridgehead atoms. The number of rotatable bonds is 2. The van der Waals surface area contributed by atoms with Gasteiger partial charge in [-0.25, -0.2) is 0 Å². The largest absolute Gasteiger partial charge is 0.506 e. The molecule has 82 valence electrons. The van der Waals surface area contributed by atoms with Gasteiger partial charge in [0.2, 0.25) is 0 Å². The van der Waals surface area contributed by atoms with Crippen molar-refractivity contribution >= 4 is 17.2 Å². The van der Waals surface area contributed by atoms with Crippen LogP contribution in [0.25, 0.3) is 10.4 Å². The maximum Gasteiger partial charge on any atom is 0.254 e. The van der Waals surface area contributed by atoms with Crippen molar-refractivity contribution in [3.8, 4) is 16.2 Å². The van der Waals surface area contributed by atoms with Crippen molar-refractivity contribution in [1.29, 1.82) is 0 Å². The van der Waals surface area contributed by atoms with Gasteiger partial charge >= 0.3 is 0 Å². The van der Waals surface area contributed by atoms with E-state index in [0.29, 0.717) is 11.3 Å². The fourth-order valence-corrected chi connectivity index (χ4v) is 2.24. The van der Waals surface area contributed by atoms with Crippen molar-refractivity contribution in [3.63, 3.8) is 0 Å². The van der Waals surface area contributed by atoms with Crippen molar-refractivity contribution in [1.82, 2.24) is 4.98 Å². The van der Waals surface area contributed by atoms with Gasteiger partial charge in [0.25, 0.3) is 5.91 Å². The number of pyridine rings is 1. The number of carbonyl (C=O) groups excluding carboxylic acids is 1. The number of aromatic hydroxyl groups is 1. The number of hydrogen-bond acceptors (Lipinski definition) is 4. The van der Waals surface area contributed by atoms with E-state index < -0.39 is 5.91 Å². The summed E-state index contributed by atoms with van der Waals surface area (Å²) in [5.41, 5.74) is 6.26. The average Bonchev–Trinajstić information content (AvgIpc) is 2.70. The third kappa shape index (κ3) is 1.65. The lowest BCUT2D eigenvalue weighted by atomic mass is 10.1. The van der Waals surface area contributed by atoms with Gasteiger partial charge in [0.05, 0.1) is 11.3 Å². The Balaban J connectivity index is 2.66. The van der Waals surface area contributed by atoms with Crippen molar-refractivity contribution in [2.75, 3.05) is 0 Å². The van der Waals surface area contributed by atoms with Crippen LogP contribution in [0.3, 0.4) is 0 Å². The van der Waals surface area contributed by atoms with Crippen LogP contribution in [0.2, 0.25) is 0 Å². The van der Waals surface area contributed by atoms with Gasteiger partial charge in [-0.05, 0) is 18.4 Å². The first-order valence-corrected chi connectivity index (χ1v) is 5.51. The van der Waals surface area contributed by atoms with E-state index in [4.69, 9.17) is 5.73 Å². The molecular formula is C11H10N2O2S. The van der Waals surface area contributed by atoms with Crippen molar-refractivity contribution in [3.05, 3.63) is 35.0 Å². The highest BCUT2D eigenvalue weighted by atomic mass is 32.1. The van der Waals surface area contributed by atoms with Crippen LogP contribution in [0, 0.1) is 6.92 Å². The molecule has 0 aromatic carbocycles. The maximum atomic E-state index is 11.2. The number of nitrogens with two attached hydrogens (primary N) is 1. The van der Waals surface area contributed by atoms with E-state index in [1.165, 1.54) is 11.3 Å². The second kappa shape index (κ2) is 3.94. The molecule has 4 nitrogen and oxygen atoms in total. The first kappa shape index (κ1) is 10.6. The van der Waals surface area contributed by atoms with E-state index in [9.17, 15) is 9.90 Å². The van der Waals surface area contributed by atoms with Gasteiger partial charge in [-0.1, -0.05) is 6.07 Å². The molecule has 1 amide bonds. The molecule has 0 atom stereocenters. The standard InChI is InChI=1S/C11H10N2O2S/c1-6-9(11(12)15)10(14)7(5-13-6)8-3-2-4-16-8/h2-5H,1H3,(H2,12,15)(H,13,14). The van der Waals surface area contributed by atoms with Crippen LogP contribution in [0.15, 0.2) is 23.7 Å². The van der Waals surface area contributed by atoms with Crippen LogP contribution < -0.4 is 5.73 Å². The Morgan fingerprint density at radius 2 is 2.31 bits per heavy atom. The molecule has 2 aromatic heterocycles. The Kier molecular flexibility index (Phi) is 2.62. The summed E-state index contributed by atoms with van der Waals surface area (Å²) in [6, 6.07) is 3.71. The first-order chi connectivity index (χ1) is 7.61. The summed E-state index contributed by atoms with van der Waals surface area (Å²) in [7, 11) is 0. The summed E-state index contributed by atoms with van der Waals surface area (Å²) in [5, 5.41) is 11.9. The molecule has 16 heavy (non-hydrogen) atoms. The predicted molar refractivity (Wildman–Crippen MR) is 62.5 cm³/mol. The van der Waals surface area contributed by atoms with Crippen LogP contribution in [0.4, 0.5) is 0 Å². The minimum Gasteiger partial charge on any atom is -0.506 e. The highest BCUT2D eigenvalue weighted by Gasteiger charge is 2.17. The number of thiophene rings is 1. The quantitative estimate of drug-likeness (QED) is 0.833. The van der Waals surface area contributed by atoms with E-state index in [-0.39, 0.29) is 11.3 Å². The zero-order valence-electron chi connectivity index (χ0n) is 8.60. The Hall–Kier alpha value is -1.88. The molecular weight excluding hydrogens is 224 g/mol. The van der Waals surface area contributed by atoms with E-state index >= 15 is 0 Å². The van der Waals surface area contributed by atoms with Crippen LogP contribution in [-0.2, 0) is 0 Å². The zero-order chi connectivity index (χ0) is 11.7. The Labute approximate surface area is 96.4 Å². The van der Waals surface area contributed by atoms with Crippen LogP contribution in [0.1, 0.15) is 16.1 Å². The summed E-state index contributed by atoms with van der Waals surface area (Å²) in [4.78, 5) is 16.1. The number of primary amides is 1. The summed E-state index contributed by atoms with van der Waals surface area (Å²) in [6.45, 7) is 1.64. The summed E-state index contributed by atoms with van der Waals surface area (Å²) in [5.74, 6) is -0.761. The normalized spacial score (nSPS) is 10.3. The number of nitrogens with zero attached hydrogens (tertiary/aromatic N) is 1. The zero-order valence-corrected chi connectivity index (χ0v) is 9.41. The smallest absolute Gasteiger partial charge is 0.254 e. The fraction of sp³-hybridized carbons (Fsp3) is 0.0909. The molecule has 0 unspecified atom stereocenters. The Morgan fingerprint density at radius 3 is 2.88 bits per heavy atom. The molecule has 2 rings (SSSR count). The molecule has 0 aliphatic rings. The maximum absolute atomic E-state index is 11.2. The molecule has 0 radical (unpaired) electrons. The van der Waals surface area contributed by atoms with Crippen LogP contribution in [-0.4, -0.2) is 16.0 Å². The van der Waals surface area contributed by atoms with E-state index in [1.54, 1.807) is 13.1 Å². The molecule has 0 aliphatic carbocycles. The molecule has 0 spiro atoms. The van der Waals surface area contributed by atoms with E-state index in [0.717, 1.165) is 4.88 Å². The van der Waals surface area contributed by atoms with Gasteiger partial charge in [-0.3, -0.25) is 9.78 Å². The van der Waals surface area contributed by atoms with Gasteiger partial charge in [-0.2, -0.15) is 0 Å². The van der Waals surface area contributed by atoms with Gasteiger partial charge in [0, 0.05) is 11.1 Å². The highest BCUT2D eigenvalue weighted by molar-refractivity contribution is 7.13. The second-order valence-corrected chi connectivity index (χ2v) is 4.27. The number of aromatic nitrogens is 1. The molecule has 2 heterocycles. The predicted octanol–water partition coefficient (Wildman–Crippen LogP) is 1.92. The molecule has 2 aromatic rings. The molecule has 3 N–H and O–H groups in total. The fourth-order valence-electron chi connectivity index (χ4n) is 1.50. The number of hydrogen-bond donors (Lipinski definition) is 2. The van der Waals surface area contributed by atoms with Crippen molar-refractivity contribution in [2.24, 2.45) is 5.73 Å². The SMILES string of the molecule is Cc1ncc(-c2cccs2)c(O)c1C(N)=O. The molecule has 0 saturated carbocycles. The summed E-state index contributed by atoms with van der Waals surface area (Å²) in [6.07, 6.45) is 1.54. The van der Waals surface area contributed by atoms with Gasteiger partial charge < -0.3 is 10.8 Å². The third-order valence-electron chi connectivity index (χ3n) is 2.27. The first-order valence-electron chi connectivity index (χ1n) is 4.63. The van der Waals surface area contributed by atoms with Crippen molar-refractivity contribution < 1.29 is 9.90 Å². The monoisotopic (exact) mass is 234 g/mol. The average molecular weight is 234 g/mol. The summed E-state index contributed by atoms with van der Waals surface area (Å²) < 4.78 is 0. The number of aryl methyl sites for hydroxylation is 1. The number of carbonyl (C=O) groups is 1. The molecule has 0 fully saturated rings. The van der Waals surface area contributed by atoms with Crippen LogP contribution >= 0.6 is 11.3 Å². The van der Waals surface area contributed by atoms with Gasteiger partial charge in [0.1, 0.15) is 11.3 Å². The van der Waals surface area contributed by atoms with E-state index in [1.807, 2.05) is 17.5 Å². The third-order valence-corrected chi connectivity index (χ3v) is 3.18. The number of amides is 1. The lowest BCUT2D eigenvalue weighted by Crippen LogP contribution is -2.14. The van der Waals surface area contributed by atoms with Crippen molar-refractivity contribution in [2.45, 2.75) is 6.92 Å². The summed E-state index contributed by atoms with van der Waals surface area (Å²) >= 11 is 1.46. The minimum absolute atomic E-state index is 0.0888. The van der Waals surface area contributed by atoms with Gasteiger partial charge in [0.15, 0.2) is 0 Å². The Bertz CT molecular complexity index is 535. The lowest BCUT2D eigenvalue weighted by molar-refractivity contribution is 0.0997. The lowest BCUT2D eigenvalue weighted by Gasteiger charge is -2.07. The minimum atomic E-state index is -0.666. The molecule has 0 aliphatic heterocycles. The molecule has 5 heteroatoms. The highest BCUT2D eigenvalue weighted by Crippen LogP contribution is 2.34. The van der Waals surface area contributed by atoms with Gasteiger partial charge in [-0.15, -0.1) is 11.3 Å². The van der Waals surface area contributed by atoms with Crippen LogP contribution in [0.5, 0.6) is 5.75 Å². The second-order valence-electron chi connectivity index (χ2n) is 3.32. The molecule has 0 saturated heterocycles. The van der Waals surface area contributed by atoms with E-state index in [2.05, 4.69) is 4.98 Å². The Morgan fingerprint density at radius 1 is 1.56 bits per heavy atom.